The van der Waals surface area contributed by atoms with Crippen molar-refractivity contribution in [1.82, 2.24) is 4.90 Å². The third-order valence-corrected chi connectivity index (χ3v) is 6.82. The number of carbonyl (C=O) groups is 1. The zero-order valence-corrected chi connectivity index (χ0v) is 18.4. The Labute approximate surface area is 188 Å². The molecule has 32 heavy (non-hydrogen) atoms. The maximum absolute atomic E-state index is 13.6. The molecule has 3 aromatic rings. The van der Waals surface area contributed by atoms with Crippen molar-refractivity contribution in [1.29, 1.82) is 0 Å². The molecule has 2 heterocycles. The van der Waals surface area contributed by atoms with Crippen LogP contribution in [-0.4, -0.2) is 54.4 Å². The van der Waals surface area contributed by atoms with E-state index in [1.165, 1.54) is 0 Å². The second kappa shape index (κ2) is 8.93. The highest BCUT2D eigenvalue weighted by Crippen LogP contribution is 2.38. The van der Waals surface area contributed by atoms with Crippen LogP contribution in [0.15, 0.2) is 60.7 Å². The molecule has 2 fully saturated rings. The molecule has 1 amide bonds. The molecule has 5 rings (SSSR count). The number of rotatable bonds is 6. The summed E-state index contributed by atoms with van der Waals surface area (Å²) in [5.74, 6) is 0.902. The lowest BCUT2D eigenvalue weighted by Gasteiger charge is -2.37. The van der Waals surface area contributed by atoms with Gasteiger partial charge in [0.05, 0.1) is 12.7 Å². The van der Waals surface area contributed by atoms with E-state index < -0.39 is 0 Å². The average molecular weight is 432 g/mol. The zero-order valence-electron chi connectivity index (χ0n) is 18.4. The monoisotopic (exact) mass is 431 g/mol. The van der Waals surface area contributed by atoms with Gasteiger partial charge in [-0.25, -0.2) is 0 Å². The van der Waals surface area contributed by atoms with Crippen molar-refractivity contribution in [3.63, 3.8) is 0 Å². The molecule has 1 unspecified atom stereocenters. The van der Waals surface area contributed by atoms with Crippen molar-refractivity contribution in [2.24, 2.45) is 0 Å². The van der Waals surface area contributed by atoms with E-state index in [2.05, 4.69) is 24.3 Å². The van der Waals surface area contributed by atoms with Crippen LogP contribution in [0.5, 0.6) is 5.75 Å². The number of aliphatic hydroxyl groups is 1. The Morgan fingerprint density at radius 1 is 0.938 bits per heavy atom. The molecular weight excluding hydrogens is 402 g/mol. The number of hydrogen-bond acceptors (Lipinski definition) is 4. The topological polar surface area (TPSA) is 59.0 Å². The van der Waals surface area contributed by atoms with Gasteiger partial charge in [-0.05, 0) is 65.8 Å². The summed E-state index contributed by atoms with van der Waals surface area (Å²) in [5.41, 5.74) is 2.93. The summed E-state index contributed by atoms with van der Waals surface area (Å²) in [6, 6.07) is 20.5. The Morgan fingerprint density at radius 2 is 1.62 bits per heavy atom. The lowest BCUT2D eigenvalue weighted by Crippen LogP contribution is -2.48. The van der Waals surface area contributed by atoms with E-state index in [0.29, 0.717) is 26.1 Å². The van der Waals surface area contributed by atoms with Crippen LogP contribution >= 0.6 is 0 Å². The number of amides is 1. The predicted octanol–water partition coefficient (Wildman–Crippen LogP) is 4.66. The van der Waals surface area contributed by atoms with Gasteiger partial charge in [0.1, 0.15) is 12.4 Å². The van der Waals surface area contributed by atoms with Crippen LogP contribution in [0, 0.1) is 0 Å². The molecule has 1 N–H and O–H groups in total. The van der Waals surface area contributed by atoms with Crippen LogP contribution in [0.2, 0.25) is 0 Å². The van der Waals surface area contributed by atoms with Crippen molar-refractivity contribution in [2.75, 3.05) is 20.3 Å². The standard InChI is InChI=1S/C27H29NO4/c1-31-14-15-32-22-12-8-18(9-13-22)23-4-2-6-25-24(23)5-3-7-26(25)27(30)28-19-10-11-20(28)17-21(29)16-19/h2-9,12-13,19-21,29H,10-11,14-17H2,1H3/t19-,20+,21?. The number of methoxy groups -OCH3 is 1. The first-order valence-corrected chi connectivity index (χ1v) is 11.4. The summed E-state index contributed by atoms with van der Waals surface area (Å²) in [6.45, 7) is 1.07. The molecule has 3 atom stereocenters. The molecule has 166 valence electrons. The van der Waals surface area contributed by atoms with Crippen molar-refractivity contribution < 1.29 is 19.4 Å². The van der Waals surface area contributed by atoms with Crippen LogP contribution in [0.4, 0.5) is 0 Å². The van der Waals surface area contributed by atoms with Gasteiger partial charge in [0.2, 0.25) is 0 Å². The number of benzene rings is 3. The van der Waals surface area contributed by atoms with E-state index in [1.54, 1.807) is 7.11 Å². The summed E-state index contributed by atoms with van der Waals surface area (Å²) in [4.78, 5) is 15.7. The van der Waals surface area contributed by atoms with E-state index in [1.807, 2.05) is 41.3 Å². The van der Waals surface area contributed by atoms with Crippen molar-refractivity contribution in [2.45, 2.75) is 43.9 Å². The highest BCUT2D eigenvalue weighted by Gasteiger charge is 2.43. The van der Waals surface area contributed by atoms with E-state index in [0.717, 1.165) is 46.1 Å². The average Bonchev–Trinajstić information content (AvgIpc) is 3.09. The molecule has 0 aromatic heterocycles. The molecule has 0 aliphatic carbocycles. The van der Waals surface area contributed by atoms with Crippen LogP contribution in [0.25, 0.3) is 21.9 Å². The molecule has 2 bridgehead atoms. The van der Waals surface area contributed by atoms with Gasteiger partial charge in [0, 0.05) is 24.8 Å². The number of hydrogen-bond donors (Lipinski definition) is 1. The molecule has 2 saturated heterocycles. The van der Waals surface area contributed by atoms with E-state index >= 15 is 0 Å². The Morgan fingerprint density at radius 3 is 2.34 bits per heavy atom. The highest BCUT2D eigenvalue weighted by molar-refractivity contribution is 6.10. The van der Waals surface area contributed by atoms with E-state index in [-0.39, 0.29) is 24.1 Å². The highest BCUT2D eigenvalue weighted by atomic mass is 16.5. The minimum atomic E-state index is -0.280. The Balaban J connectivity index is 1.46. The summed E-state index contributed by atoms with van der Waals surface area (Å²) in [6.07, 6.45) is 3.08. The number of fused-ring (bicyclic) bond motifs is 3. The predicted molar refractivity (Wildman–Crippen MR) is 125 cm³/mol. The van der Waals surface area contributed by atoms with Gasteiger partial charge in [0.25, 0.3) is 5.91 Å². The maximum atomic E-state index is 13.6. The number of carbonyl (C=O) groups excluding carboxylic acids is 1. The molecular formula is C27H29NO4. The number of nitrogens with zero attached hydrogens (tertiary/aromatic N) is 1. The minimum Gasteiger partial charge on any atom is -0.491 e. The summed E-state index contributed by atoms with van der Waals surface area (Å²) in [7, 11) is 1.66. The third-order valence-electron chi connectivity index (χ3n) is 6.82. The van der Waals surface area contributed by atoms with Crippen molar-refractivity contribution in [3.8, 4) is 16.9 Å². The van der Waals surface area contributed by atoms with Crippen molar-refractivity contribution in [3.05, 3.63) is 66.2 Å². The fourth-order valence-electron chi connectivity index (χ4n) is 5.34. The first kappa shape index (κ1) is 21.0. The third kappa shape index (κ3) is 3.87. The molecule has 0 saturated carbocycles. The summed E-state index contributed by atoms with van der Waals surface area (Å²) < 4.78 is 10.7. The fourth-order valence-corrected chi connectivity index (χ4v) is 5.34. The largest absolute Gasteiger partial charge is 0.491 e. The quantitative estimate of drug-likeness (QED) is 0.577. The van der Waals surface area contributed by atoms with Crippen LogP contribution in [-0.2, 0) is 4.74 Å². The summed E-state index contributed by atoms with van der Waals surface area (Å²) in [5, 5.41) is 12.2. The zero-order chi connectivity index (χ0) is 22.1. The van der Waals surface area contributed by atoms with Gasteiger partial charge >= 0.3 is 0 Å². The Bertz CT molecular complexity index is 1100. The van der Waals surface area contributed by atoms with Gasteiger partial charge in [-0.2, -0.15) is 0 Å². The first-order valence-electron chi connectivity index (χ1n) is 11.4. The van der Waals surface area contributed by atoms with Crippen LogP contribution < -0.4 is 4.74 Å². The van der Waals surface area contributed by atoms with Gasteiger partial charge in [-0.15, -0.1) is 0 Å². The number of piperidine rings is 1. The van der Waals surface area contributed by atoms with E-state index in [9.17, 15) is 9.90 Å². The van der Waals surface area contributed by atoms with Gasteiger partial charge in [-0.1, -0.05) is 42.5 Å². The first-order chi connectivity index (χ1) is 15.7. The number of ether oxygens (including phenoxy) is 2. The number of aliphatic hydroxyl groups excluding tert-OH is 1. The lowest BCUT2D eigenvalue weighted by molar-refractivity contribution is 0.0288. The molecule has 0 spiro atoms. The Hall–Kier alpha value is -2.89. The SMILES string of the molecule is COCCOc1ccc(-c2cccc3c(C(=O)N4[C@@H]5CC[C@H]4CC(O)C5)cccc23)cc1. The lowest BCUT2D eigenvalue weighted by atomic mass is 9.93. The normalized spacial score (nSPS) is 22.3. The maximum Gasteiger partial charge on any atom is 0.254 e. The molecule has 5 heteroatoms. The van der Waals surface area contributed by atoms with Gasteiger partial charge in [-0.3, -0.25) is 4.79 Å². The second-order valence-electron chi connectivity index (χ2n) is 8.79. The van der Waals surface area contributed by atoms with Crippen molar-refractivity contribution >= 4 is 16.7 Å². The summed E-state index contributed by atoms with van der Waals surface area (Å²) >= 11 is 0. The molecule has 3 aromatic carbocycles. The second-order valence-corrected chi connectivity index (χ2v) is 8.79. The van der Waals surface area contributed by atoms with Gasteiger partial charge < -0.3 is 19.5 Å². The molecule has 5 nitrogen and oxygen atoms in total. The van der Waals surface area contributed by atoms with Crippen LogP contribution in [0.1, 0.15) is 36.0 Å². The Kier molecular flexibility index (Phi) is 5.85. The smallest absolute Gasteiger partial charge is 0.254 e. The molecule has 2 aliphatic rings. The minimum absolute atomic E-state index is 0.0917. The molecule has 2 aliphatic heterocycles. The van der Waals surface area contributed by atoms with Crippen LogP contribution in [0.3, 0.4) is 0 Å². The molecule has 0 radical (unpaired) electrons. The fraction of sp³-hybridized carbons (Fsp3) is 0.370. The van der Waals surface area contributed by atoms with E-state index in [4.69, 9.17) is 9.47 Å². The van der Waals surface area contributed by atoms with Gasteiger partial charge in [0.15, 0.2) is 0 Å².